The molecule has 2 N–H and O–H groups in total. The average Bonchev–Trinajstić information content (AvgIpc) is 3.06. The molecule has 0 atom stereocenters. The van der Waals surface area contributed by atoms with Crippen molar-refractivity contribution in [2.75, 3.05) is 47.9 Å². The fourth-order valence-electron chi connectivity index (χ4n) is 5.92. The van der Waals surface area contributed by atoms with Crippen LogP contribution in [0.2, 0.25) is 0 Å². The van der Waals surface area contributed by atoms with Crippen molar-refractivity contribution in [1.82, 2.24) is 4.57 Å². The minimum absolute atomic E-state index is 0.00183. The Bertz CT molecular complexity index is 1700. The van der Waals surface area contributed by atoms with Gasteiger partial charge in [-0.1, -0.05) is 19.3 Å². The van der Waals surface area contributed by atoms with E-state index in [1.54, 1.807) is 55.6 Å². The molecule has 4 aromatic rings. The lowest BCUT2D eigenvalue weighted by atomic mass is 9.90. The standard InChI is InChI=1S/C34H38N2O8/c1-39-26-17-24-25(18-27(26)44-19-20-9-7-6-8-10-20)33(37)36(23-13-11-22(35)12-14-23)31(34(38)43-5)30(24)21-15-28(40-2)32(42-4)29(16-21)41-3/h11-18,20H,6-10,19,35H2,1-5H3. The molecule has 5 rings (SSSR count). The number of anilines is 1. The number of carbonyl (C=O) groups is 1. The Labute approximate surface area is 256 Å². The number of esters is 1. The molecule has 0 aliphatic heterocycles. The first kappa shape index (κ1) is 30.6. The number of rotatable bonds is 10. The van der Waals surface area contributed by atoms with E-state index in [0.717, 1.165) is 12.8 Å². The molecule has 10 nitrogen and oxygen atoms in total. The van der Waals surface area contributed by atoms with Gasteiger partial charge in [-0.3, -0.25) is 9.36 Å². The number of aromatic nitrogens is 1. The highest BCUT2D eigenvalue weighted by Gasteiger charge is 2.28. The maximum Gasteiger partial charge on any atom is 0.355 e. The molecule has 232 valence electrons. The highest BCUT2D eigenvalue weighted by Crippen LogP contribution is 2.45. The summed E-state index contributed by atoms with van der Waals surface area (Å²) in [5, 5.41) is 0.774. The monoisotopic (exact) mass is 602 g/mol. The molecule has 0 spiro atoms. The summed E-state index contributed by atoms with van der Waals surface area (Å²) in [4.78, 5) is 28.0. The third-order valence-corrected chi connectivity index (χ3v) is 8.15. The van der Waals surface area contributed by atoms with Gasteiger partial charge in [0.25, 0.3) is 5.56 Å². The zero-order valence-corrected chi connectivity index (χ0v) is 25.7. The number of pyridine rings is 1. The van der Waals surface area contributed by atoms with Crippen LogP contribution < -0.4 is 35.0 Å². The maximum atomic E-state index is 14.4. The lowest BCUT2D eigenvalue weighted by Gasteiger charge is -2.23. The number of methoxy groups -OCH3 is 5. The van der Waals surface area contributed by atoms with E-state index >= 15 is 0 Å². The van der Waals surface area contributed by atoms with Crippen molar-refractivity contribution in [2.24, 2.45) is 5.92 Å². The molecule has 3 aromatic carbocycles. The van der Waals surface area contributed by atoms with Crippen LogP contribution in [0.5, 0.6) is 28.7 Å². The van der Waals surface area contributed by atoms with Crippen molar-refractivity contribution in [3.63, 3.8) is 0 Å². The van der Waals surface area contributed by atoms with Gasteiger partial charge in [0, 0.05) is 22.3 Å². The molecule has 0 unspecified atom stereocenters. The molecule has 0 radical (unpaired) electrons. The highest BCUT2D eigenvalue weighted by molar-refractivity contribution is 6.08. The lowest BCUT2D eigenvalue weighted by Crippen LogP contribution is -2.27. The van der Waals surface area contributed by atoms with Gasteiger partial charge >= 0.3 is 5.97 Å². The third kappa shape index (κ3) is 5.71. The van der Waals surface area contributed by atoms with Crippen molar-refractivity contribution < 1.29 is 33.2 Å². The average molecular weight is 603 g/mol. The molecule has 1 aromatic heterocycles. The van der Waals surface area contributed by atoms with Crippen molar-refractivity contribution in [3.05, 3.63) is 64.6 Å². The fraction of sp³-hybridized carbons (Fsp3) is 0.353. The number of nitrogens with zero attached hydrogens (tertiary/aromatic N) is 1. The zero-order valence-electron chi connectivity index (χ0n) is 25.7. The molecule has 44 heavy (non-hydrogen) atoms. The molecule has 10 heteroatoms. The summed E-state index contributed by atoms with van der Waals surface area (Å²) in [6.45, 7) is 0.522. The first-order chi connectivity index (χ1) is 21.3. The number of nitrogen functional groups attached to an aromatic ring is 1. The van der Waals surface area contributed by atoms with Crippen LogP contribution in [0.1, 0.15) is 42.6 Å². The van der Waals surface area contributed by atoms with Crippen LogP contribution in [0, 0.1) is 5.92 Å². The number of nitrogens with two attached hydrogens (primary N) is 1. The molecule has 0 saturated heterocycles. The summed E-state index contributed by atoms with van der Waals surface area (Å²) in [7, 11) is 7.34. The Hall–Kier alpha value is -4.86. The molecule has 1 fully saturated rings. The molecule has 0 amide bonds. The number of fused-ring (bicyclic) bond motifs is 1. The van der Waals surface area contributed by atoms with E-state index in [4.69, 9.17) is 34.2 Å². The second-order valence-corrected chi connectivity index (χ2v) is 10.7. The van der Waals surface area contributed by atoms with Crippen molar-refractivity contribution in [2.45, 2.75) is 32.1 Å². The number of hydrogen-bond donors (Lipinski definition) is 1. The van der Waals surface area contributed by atoms with Gasteiger partial charge in [-0.15, -0.1) is 0 Å². The molecule has 0 bridgehead atoms. The summed E-state index contributed by atoms with van der Waals surface area (Å²) in [5.74, 6) is 1.72. The van der Waals surface area contributed by atoms with Crippen molar-refractivity contribution >= 4 is 22.4 Å². The summed E-state index contributed by atoms with van der Waals surface area (Å²) in [5.41, 5.74) is 7.39. The Kier molecular flexibility index (Phi) is 9.18. The third-order valence-electron chi connectivity index (χ3n) is 8.15. The van der Waals surface area contributed by atoms with Crippen LogP contribution in [0.15, 0.2) is 53.3 Å². The summed E-state index contributed by atoms with van der Waals surface area (Å²) in [6.07, 6.45) is 5.82. The van der Waals surface area contributed by atoms with Gasteiger partial charge < -0.3 is 34.2 Å². The quantitative estimate of drug-likeness (QED) is 0.172. The van der Waals surface area contributed by atoms with Crippen molar-refractivity contribution in [3.8, 4) is 45.6 Å². The normalized spacial score (nSPS) is 13.4. The molecule has 1 saturated carbocycles. The molecule has 1 aliphatic carbocycles. The second-order valence-electron chi connectivity index (χ2n) is 10.7. The van der Waals surface area contributed by atoms with E-state index in [2.05, 4.69) is 0 Å². The molecule has 1 aliphatic rings. The number of benzene rings is 3. The first-order valence-electron chi connectivity index (χ1n) is 14.5. The van der Waals surface area contributed by atoms with E-state index < -0.39 is 11.5 Å². The van der Waals surface area contributed by atoms with Gasteiger partial charge in [-0.25, -0.2) is 4.79 Å². The Morgan fingerprint density at radius 1 is 0.795 bits per heavy atom. The van der Waals surface area contributed by atoms with E-state index in [1.807, 2.05) is 0 Å². The van der Waals surface area contributed by atoms with Crippen LogP contribution >= 0.6 is 0 Å². The van der Waals surface area contributed by atoms with Crippen LogP contribution in [0.3, 0.4) is 0 Å². The van der Waals surface area contributed by atoms with Crippen LogP contribution in [0.4, 0.5) is 5.69 Å². The highest BCUT2D eigenvalue weighted by atomic mass is 16.5. The Morgan fingerprint density at radius 2 is 1.41 bits per heavy atom. The number of ether oxygens (including phenoxy) is 6. The van der Waals surface area contributed by atoms with E-state index in [0.29, 0.717) is 74.5 Å². The summed E-state index contributed by atoms with van der Waals surface area (Å²) < 4.78 is 35.5. The first-order valence-corrected chi connectivity index (χ1v) is 14.5. The largest absolute Gasteiger partial charge is 0.493 e. The van der Waals surface area contributed by atoms with Crippen LogP contribution in [0.25, 0.3) is 27.6 Å². The minimum atomic E-state index is -0.721. The molecular formula is C34H38N2O8. The SMILES string of the molecule is COC(=O)c1c(-c2cc(OC)c(OC)c(OC)c2)c2cc(OC)c(OCC3CCCCC3)cc2c(=O)n1-c1ccc(N)cc1. The van der Waals surface area contributed by atoms with E-state index in [1.165, 1.54) is 52.3 Å². The van der Waals surface area contributed by atoms with Gasteiger partial charge in [0.1, 0.15) is 5.69 Å². The van der Waals surface area contributed by atoms with Gasteiger partial charge in [0.15, 0.2) is 23.0 Å². The summed E-state index contributed by atoms with van der Waals surface area (Å²) >= 11 is 0. The molecular weight excluding hydrogens is 564 g/mol. The van der Waals surface area contributed by atoms with Gasteiger partial charge in [0.2, 0.25) is 5.75 Å². The number of hydrogen-bond acceptors (Lipinski definition) is 9. The fourth-order valence-corrected chi connectivity index (χ4v) is 5.92. The molecule has 1 heterocycles. The Morgan fingerprint density at radius 3 is 1.98 bits per heavy atom. The summed E-state index contributed by atoms with van der Waals surface area (Å²) in [6, 6.07) is 13.6. The van der Waals surface area contributed by atoms with E-state index in [-0.39, 0.29) is 5.69 Å². The van der Waals surface area contributed by atoms with E-state index in [9.17, 15) is 9.59 Å². The Balaban J connectivity index is 1.87. The predicted octanol–water partition coefficient (Wildman–Crippen LogP) is 6.02. The maximum absolute atomic E-state index is 14.4. The van der Waals surface area contributed by atoms with Gasteiger partial charge in [0.05, 0.1) is 47.5 Å². The smallest absolute Gasteiger partial charge is 0.355 e. The second kappa shape index (κ2) is 13.2. The van der Waals surface area contributed by atoms with Gasteiger partial charge in [-0.05, 0) is 72.9 Å². The zero-order chi connectivity index (χ0) is 31.4. The van der Waals surface area contributed by atoms with Gasteiger partial charge in [-0.2, -0.15) is 0 Å². The van der Waals surface area contributed by atoms with Crippen molar-refractivity contribution in [1.29, 1.82) is 0 Å². The lowest BCUT2D eigenvalue weighted by molar-refractivity contribution is 0.0591. The number of carbonyl (C=O) groups excluding carboxylic acids is 1. The predicted molar refractivity (Wildman–Crippen MR) is 169 cm³/mol. The topological polar surface area (TPSA) is 120 Å². The van der Waals surface area contributed by atoms with Crippen LogP contribution in [-0.4, -0.2) is 52.7 Å². The minimum Gasteiger partial charge on any atom is -0.493 e. The van der Waals surface area contributed by atoms with Crippen LogP contribution in [-0.2, 0) is 4.74 Å².